The highest BCUT2D eigenvalue weighted by Gasteiger charge is 2.29. The van der Waals surface area contributed by atoms with Crippen LogP contribution >= 0.6 is 12.2 Å². The van der Waals surface area contributed by atoms with Crippen molar-refractivity contribution in [2.75, 3.05) is 0 Å². The van der Waals surface area contributed by atoms with Gasteiger partial charge in [-0.25, -0.2) is 4.39 Å². The second-order valence-corrected chi connectivity index (χ2v) is 6.67. The van der Waals surface area contributed by atoms with Gasteiger partial charge in [-0.2, -0.15) is 18.2 Å². The third kappa shape index (κ3) is 4.50. The molecule has 3 aromatic rings. The summed E-state index contributed by atoms with van der Waals surface area (Å²) in [5.41, 5.74) is 3.36. The molecule has 0 heterocycles. The second-order valence-electron chi connectivity index (χ2n) is 6.49. The van der Waals surface area contributed by atoms with E-state index in [1.54, 1.807) is 37.3 Å². The van der Waals surface area contributed by atoms with E-state index in [4.69, 9.17) is 0 Å². The van der Waals surface area contributed by atoms with Gasteiger partial charge >= 0.3 is 6.18 Å². The Labute approximate surface area is 171 Å². The summed E-state index contributed by atoms with van der Waals surface area (Å²) >= 11 is 4.58. The number of isothiocyanates is 1. The van der Waals surface area contributed by atoms with E-state index < -0.39 is 17.6 Å². The van der Waals surface area contributed by atoms with Gasteiger partial charge in [-0.3, -0.25) is 0 Å². The molecule has 3 aromatic carbocycles. The fourth-order valence-electron chi connectivity index (χ4n) is 2.96. The fourth-order valence-corrected chi connectivity index (χ4v) is 3.05. The monoisotopic (exact) mass is 413 g/mol. The summed E-state index contributed by atoms with van der Waals surface area (Å²) in [6.45, 7) is 5.60. The lowest BCUT2D eigenvalue weighted by Gasteiger charge is -2.11. The molecule has 29 heavy (non-hydrogen) atoms. The van der Waals surface area contributed by atoms with Gasteiger partial charge in [0.1, 0.15) is 5.69 Å². The van der Waals surface area contributed by atoms with Crippen LogP contribution in [-0.2, 0) is 6.18 Å². The summed E-state index contributed by atoms with van der Waals surface area (Å²) in [5, 5.41) is 2.17. The molecule has 0 spiro atoms. The van der Waals surface area contributed by atoms with E-state index in [0.29, 0.717) is 22.3 Å². The van der Waals surface area contributed by atoms with Crippen molar-refractivity contribution in [1.82, 2.24) is 0 Å². The van der Waals surface area contributed by atoms with Crippen molar-refractivity contribution in [2.45, 2.75) is 13.1 Å². The molecule has 6 heteroatoms. The fraction of sp³-hybridized carbons (Fsp3) is 0.0870. The van der Waals surface area contributed by atoms with Crippen LogP contribution in [0.2, 0.25) is 0 Å². The van der Waals surface area contributed by atoms with Gasteiger partial charge in [0.25, 0.3) is 0 Å². The Morgan fingerprint density at radius 1 is 0.897 bits per heavy atom. The minimum Gasteiger partial charge on any atom is -0.205 e. The summed E-state index contributed by atoms with van der Waals surface area (Å²) in [7, 11) is 0. The number of allylic oxidation sites excluding steroid dienone is 1. The molecule has 0 bridgehead atoms. The van der Waals surface area contributed by atoms with Gasteiger partial charge in [0, 0.05) is 5.56 Å². The minimum atomic E-state index is -4.37. The third-order valence-corrected chi connectivity index (χ3v) is 4.54. The molecule has 3 rings (SSSR count). The highest BCUT2D eigenvalue weighted by molar-refractivity contribution is 7.78. The summed E-state index contributed by atoms with van der Waals surface area (Å²) in [6.07, 6.45) is -4.37. The van der Waals surface area contributed by atoms with Crippen LogP contribution in [0.1, 0.15) is 18.1 Å². The zero-order chi connectivity index (χ0) is 21.2. The van der Waals surface area contributed by atoms with Gasteiger partial charge < -0.3 is 0 Å². The molecule has 146 valence electrons. The highest BCUT2D eigenvalue weighted by Crippen LogP contribution is 2.35. The first-order valence-electron chi connectivity index (χ1n) is 8.56. The van der Waals surface area contributed by atoms with Crippen molar-refractivity contribution in [3.8, 4) is 22.3 Å². The SMILES string of the molecule is C=C(C)c1cc(-c2ccc(-c3ccc(C(F)(F)F)cc3)cc2)cc(F)c1N=C=S. The Balaban J connectivity index is 1.96. The van der Waals surface area contributed by atoms with E-state index in [0.717, 1.165) is 23.3 Å². The van der Waals surface area contributed by atoms with Crippen LogP contribution < -0.4 is 0 Å². The summed E-state index contributed by atoms with van der Waals surface area (Å²) < 4.78 is 52.6. The van der Waals surface area contributed by atoms with E-state index in [1.165, 1.54) is 18.2 Å². The van der Waals surface area contributed by atoms with Crippen LogP contribution in [0.5, 0.6) is 0 Å². The average Bonchev–Trinajstić information content (AvgIpc) is 2.69. The molecule has 0 aliphatic rings. The van der Waals surface area contributed by atoms with E-state index in [9.17, 15) is 17.6 Å². The van der Waals surface area contributed by atoms with Crippen LogP contribution in [0.15, 0.2) is 72.2 Å². The molecular formula is C23H15F4NS. The van der Waals surface area contributed by atoms with Crippen molar-refractivity contribution in [3.05, 3.63) is 84.2 Å². The molecule has 0 atom stereocenters. The van der Waals surface area contributed by atoms with Crippen molar-refractivity contribution < 1.29 is 17.6 Å². The first kappa shape index (κ1) is 20.6. The number of benzene rings is 3. The Kier molecular flexibility index (Phi) is 5.78. The Morgan fingerprint density at radius 2 is 1.38 bits per heavy atom. The second kappa shape index (κ2) is 8.11. The van der Waals surface area contributed by atoms with Gasteiger partial charge in [-0.1, -0.05) is 43.0 Å². The molecule has 0 aliphatic carbocycles. The van der Waals surface area contributed by atoms with Gasteiger partial charge in [0.05, 0.1) is 10.7 Å². The summed E-state index contributed by atoms with van der Waals surface area (Å²) in [5.74, 6) is -0.537. The number of aliphatic imine (C=N–C) groups is 1. The molecule has 0 aliphatic heterocycles. The molecule has 0 aromatic heterocycles. The molecule has 0 fully saturated rings. The van der Waals surface area contributed by atoms with E-state index in [1.807, 2.05) is 0 Å². The number of thiocarbonyl (C=S) groups is 1. The summed E-state index contributed by atoms with van der Waals surface area (Å²) in [6, 6.07) is 15.2. The molecular weight excluding hydrogens is 398 g/mol. The Morgan fingerprint density at radius 3 is 1.83 bits per heavy atom. The zero-order valence-corrected chi connectivity index (χ0v) is 16.2. The smallest absolute Gasteiger partial charge is 0.205 e. The number of rotatable bonds is 4. The van der Waals surface area contributed by atoms with Crippen molar-refractivity contribution in [2.24, 2.45) is 4.99 Å². The first-order chi connectivity index (χ1) is 13.7. The normalized spacial score (nSPS) is 11.1. The van der Waals surface area contributed by atoms with Gasteiger partial charge in [0.15, 0.2) is 5.82 Å². The number of hydrogen-bond acceptors (Lipinski definition) is 2. The standard InChI is InChI=1S/C23H15F4NS/c1-14(2)20-11-18(12-21(24)22(20)28-13-29)17-5-3-15(4-6-17)16-7-9-19(10-8-16)23(25,26)27/h3-12H,1H2,2H3. The van der Waals surface area contributed by atoms with Crippen LogP contribution in [0.4, 0.5) is 23.2 Å². The van der Waals surface area contributed by atoms with Crippen molar-refractivity contribution in [1.29, 1.82) is 0 Å². The largest absolute Gasteiger partial charge is 0.416 e. The Hall–Kier alpha value is -3.08. The van der Waals surface area contributed by atoms with Crippen LogP contribution in [-0.4, -0.2) is 5.16 Å². The number of hydrogen-bond donors (Lipinski definition) is 0. The molecule has 0 N–H and O–H groups in total. The van der Waals surface area contributed by atoms with E-state index in [2.05, 4.69) is 29.0 Å². The molecule has 0 unspecified atom stereocenters. The molecule has 0 radical (unpaired) electrons. The van der Waals surface area contributed by atoms with E-state index >= 15 is 0 Å². The lowest BCUT2D eigenvalue weighted by atomic mass is 9.96. The highest BCUT2D eigenvalue weighted by atomic mass is 32.1. The van der Waals surface area contributed by atoms with Crippen LogP contribution in [0, 0.1) is 5.82 Å². The van der Waals surface area contributed by atoms with Crippen molar-refractivity contribution >= 4 is 28.6 Å². The molecule has 1 nitrogen and oxygen atoms in total. The summed E-state index contributed by atoms with van der Waals surface area (Å²) in [4.78, 5) is 3.79. The lowest BCUT2D eigenvalue weighted by Crippen LogP contribution is -2.03. The van der Waals surface area contributed by atoms with Crippen molar-refractivity contribution in [3.63, 3.8) is 0 Å². The predicted octanol–water partition coefficient (Wildman–Crippen LogP) is 7.95. The number of alkyl halides is 3. The maximum atomic E-state index is 14.5. The average molecular weight is 413 g/mol. The minimum absolute atomic E-state index is 0.0950. The topological polar surface area (TPSA) is 12.4 Å². The van der Waals surface area contributed by atoms with E-state index in [-0.39, 0.29) is 5.69 Å². The van der Waals surface area contributed by atoms with Gasteiger partial charge in [0.2, 0.25) is 0 Å². The quantitative estimate of drug-likeness (QED) is 0.240. The zero-order valence-electron chi connectivity index (χ0n) is 15.3. The number of nitrogens with zero attached hydrogens (tertiary/aromatic N) is 1. The third-order valence-electron chi connectivity index (χ3n) is 4.44. The van der Waals surface area contributed by atoms with Gasteiger partial charge in [-0.05, 0) is 71.2 Å². The predicted molar refractivity (Wildman–Crippen MR) is 112 cm³/mol. The Bertz CT molecular complexity index is 1110. The van der Waals surface area contributed by atoms with Crippen LogP contribution in [0.25, 0.3) is 27.8 Å². The molecule has 0 saturated heterocycles. The van der Waals surface area contributed by atoms with Crippen LogP contribution in [0.3, 0.4) is 0 Å². The molecule has 0 saturated carbocycles. The maximum absolute atomic E-state index is 14.5. The lowest BCUT2D eigenvalue weighted by molar-refractivity contribution is -0.137. The number of halogens is 4. The first-order valence-corrected chi connectivity index (χ1v) is 8.97. The molecule has 0 amide bonds. The van der Waals surface area contributed by atoms with Gasteiger partial charge in [-0.15, -0.1) is 0 Å². The maximum Gasteiger partial charge on any atom is 0.416 e.